The molecule has 0 saturated carbocycles. The first-order valence-corrected chi connectivity index (χ1v) is 9.07. The van der Waals surface area contributed by atoms with Gasteiger partial charge < -0.3 is 20.1 Å². The third-order valence-electron chi connectivity index (χ3n) is 4.02. The summed E-state index contributed by atoms with van der Waals surface area (Å²) in [5, 5.41) is 8.70. The van der Waals surface area contributed by atoms with Gasteiger partial charge in [-0.15, -0.1) is 0 Å². The van der Waals surface area contributed by atoms with E-state index < -0.39 is 11.8 Å². The van der Waals surface area contributed by atoms with Gasteiger partial charge in [0.25, 0.3) is 5.91 Å². The summed E-state index contributed by atoms with van der Waals surface area (Å²) >= 11 is 0. The Bertz CT molecular complexity index is 972. The van der Waals surface area contributed by atoms with E-state index >= 15 is 0 Å². The molecule has 0 radical (unpaired) electrons. The monoisotopic (exact) mass is 412 g/mol. The van der Waals surface area contributed by atoms with Gasteiger partial charge in [-0.2, -0.15) is 5.10 Å². The van der Waals surface area contributed by atoms with E-state index in [0.717, 1.165) is 16.8 Å². The fraction of sp³-hybridized carbons (Fsp3) is 0.238. The summed E-state index contributed by atoms with van der Waals surface area (Å²) in [5.41, 5.74) is 5.50. The molecule has 0 heterocycles. The van der Waals surface area contributed by atoms with Gasteiger partial charge in [0.05, 0.1) is 13.3 Å². The summed E-state index contributed by atoms with van der Waals surface area (Å²) in [7, 11) is 2.81. The molecule has 2 rings (SSSR count). The zero-order chi connectivity index (χ0) is 22.1. The highest BCUT2D eigenvalue weighted by Gasteiger charge is 2.11. The van der Waals surface area contributed by atoms with Crippen molar-refractivity contribution in [1.29, 1.82) is 0 Å². The number of likely N-dealkylation sites (N-methyl/N-ethyl adjacent to an activating group) is 1. The lowest BCUT2D eigenvalue weighted by Crippen LogP contribution is -2.35. The quantitative estimate of drug-likeness (QED) is 0.362. The number of anilines is 1. The fourth-order valence-corrected chi connectivity index (χ4v) is 2.50. The number of nitrogens with one attached hydrogen (secondary N) is 3. The molecule has 0 spiro atoms. The number of methoxy groups -OCH3 is 1. The maximum atomic E-state index is 12.2. The average molecular weight is 412 g/mol. The lowest BCUT2D eigenvalue weighted by atomic mass is 10.1. The van der Waals surface area contributed by atoms with E-state index in [1.54, 1.807) is 18.2 Å². The Kier molecular flexibility index (Phi) is 7.92. The Hall–Kier alpha value is -3.88. The number of hydrogen-bond acceptors (Lipinski definition) is 6. The van der Waals surface area contributed by atoms with Crippen molar-refractivity contribution in [2.24, 2.45) is 5.10 Å². The Labute approximate surface area is 174 Å². The van der Waals surface area contributed by atoms with Gasteiger partial charge in [0, 0.05) is 12.7 Å². The van der Waals surface area contributed by atoms with E-state index in [4.69, 9.17) is 9.47 Å². The molecular weight excluding hydrogens is 388 g/mol. The van der Waals surface area contributed by atoms with Crippen molar-refractivity contribution in [1.82, 2.24) is 10.7 Å². The molecule has 0 bridgehead atoms. The molecule has 3 amide bonds. The van der Waals surface area contributed by atoms with Gasteiger partial charge in [-0.1, -0.05) is 17.7 Å². The molecule has 0 atom stereocenters. The highest BCUT2D eigenvalue weighted by atomic mass is 16.5. The Morgan fingerprint density at radius 1 is 1.03 bits per heavy atom. The van der Waals surface area contributed by atoms with Crippen molar-refractivity contribution < 1.29 is 23.9 Å². The molecule has 9 nitrogen and oxygen atoms in total. The standard InChI is InChI=1S/C21H24N4O5/c1-13-5-7-16(14(2)9-13)24-19(26)12-30-17-8-6-15(10-18(17)29-4)11-23-25-21(28)20(27)22-3/h5-11H,12H2,1-4H3,(H,22,27)(H,24,26)(H,25,28)/b23-11-. The van der Waals surface area contributed by atoms with Gasteiger partial charge in [-0.3, -0.25) is 14.4 Å². The topological polar surface area (TPSA) is 118 Å². The minimum Gasteiger partial charge on any atom is -0.493 e. The van der Waals surface area contributed by atoms with Crippen LogP contribution in [0.2, 0.25) is 0 Å². The first-order chi connectivity index (χ1) is 14.3. The molecule has 0 unspecified atom stereocenters. The predicted octanol–water partition coefficient (Wildman–Crippen LogP) is 1.53. The number of rotatable bonds is 7. The number of benzene rings is 2. The zero-order valence-corrected chi connectivity index (χ0v) is 17.2. The summed E-state index contributed by atoms with van der Waals surface area (Å²) in [6.07, 6.45) is 1.35. The van der Waals surface area contributed by atoms with Gasteiger partial charge in [0.1, 0.15) is 0 Å². The highest BCUT2D eigenvalue weighted by Crippen LogP contribution is 2.27. The Balaban J connectivity index is 1.96. The summed E-state index contributed by atoms with van der Waals surface area (Å²) in [6, 6.07) is 10.6. The highest BCUT2D eigenvalue weighted by molar-refractivity contribution is 6.35. The minimum absolute atomic E-state index is 0.195. The zero-order valence-electron chi connectivity index (χ0n) is 17.2. The second-order valence-corrected chi connectivity index (χ2v) is 6.34. The molecule has 158 valence electrons. The molecule has 0 aliphatic rings. The molecule has 3 N–H and O–H groups in total. The number of nitrogens with zero attached hydrogens (tertiary/aromatic N) is 1. The van der Waals surface area contributed by atoms with Crippen molar-refractivity contribution in [2.45, 2.75) is 13.8 Å². The first-order valence-electron chi connectivity index (χ1n) is 9.07. The molecule has 2 aromatic carbocycles. The smallest absolute Gasteiger partial charge is 0.329 e. The lowest BCUT2D eigenvalue weighted by Gasteiger charge is -2.12. The first kappa shape index (κ1) is 22.4. The molecule has 9 heteroatoms. The van der Waals surface area contributed by atoms with Crippen LogP contribution in [0.15, 0.2) is 41.5 Å². The molecular formula is C21H24N4O5. The van der Waals surface area contributed by atoms with Gasteiger partial charge in [0.2, 0.25) is 0 Å². The van der Waals surface area contributed by atoms with Crippen LogP contribution in [0.1, 0.15) is 16.7 Å². The van der Waals surface area contributed by atoms with Crippen LogP contribution < -0.4 is 25.5 Å². The molecule has 0 aliphatic carbocycles. The third-order valence-corrected chi connectivity index (χ3v) is 4.02. The number of hydrogen-bond donors (Lipinski definition) is 3. The van der Waals surface area contributed by atoms with E-state index in [1.807, 2.05) is 32.0 Å². The van der Waals surface area contributed by atoms with E-state index in [2.05, 4.69) is 21.2 Å². The normalized spacial score (nSPS) is 10.4. The van der Waals surface area contributed by atoms with Crippen LogP contribution in [0, 0.1) is 13.8 Å². The Morgan fingerprint density at radius 3 is 2.47 bits per heavy atom. The van der Waals surface area contributed by atoms with Crippen LogP contribution in [0.25, 0.3) is 0 Å². The van der Waals surface area contributed by atoms with Crippen LogP contribution in [-0.2, 0) is 14.4 Å². The number of carbonyl (C=O) groups is 3. The van der Waals surface area contributed by atoms with Gasteiger partial charge in [0.15, 0.2) is 18.1 Å². The van der Waals surface area contributed by atoms with Gasteiger partial charge in [-0.25, -0.2) is 5.43 Å². The molecule has 2 aromatic rings. The average Bonchev–Trinajstić information content (AvgIpc) is 2.73. The molecule has 0 aliphatic heterocycles. The van der Waals surface area contributed by atoms with Crippen molar-refractivity contribution in [3.63, 3.8) is 0 Å². The summed E-state index contributed by atoms with van der Waals surface area (Å²) in [5.74, 6) is -1.22. The van der Waals surface area contributed by atoms with Crippen molar-refractivity contribution >= 4 is 29.6 Å². The third kappa shape index (κ3) is 6.33. The Morgan fingerprint density at radius 2 is 1.80 bits per heavy atom. The number of ether oxygens (including phenoxy) is 2. The van der Waals surface area contributed by atoms with Crippen LogP contribution in [-0.4, -0.2) is 44.7 Å². The van der Waals surface area contributed by atoms with Crippen LogP contribution in [0.5, 0.6) is 11.5 Å². The predicted molar refractivity (Wildman–Crippen MR) is 113 cm³/mol. The molecule has 30 heavy (non-hydrogen) atoms. The van der Waals surface area contributed by atoms with Crippen LogP contribution >= 0.6 is 0 Å². The molecule has 0 aromatic heterocycles. The van der Waals surface area contributed by atoms with E-state index in [-0.39, 0.29) is 12.5 Å². The summed E-state index contributed by atoms with van der Waals surface area (Å²) in [6.45, 7) is 3.71. The SMILES string of the molecule is CNC(=O)C(=O)N/N=C\c1ccc(OCC(=O)Nc2ccc(C)cc2C)c(OC)c1. The van der Waals surface area contributed by atoms with E-state index in [1.165, 1.54) is 20.4 Å². The van der Waals surface area contributed by atoms with Crippen molar-refractivity contribution in [3.8, 4) is 11.5 Å². The number of aryl methyl sites for hydroxylation is 2. The summed E-state index contributed by atoms with van der Waals surface area (Å²) in [4.78, 5) is 34.7. The number of hydrazone groups is 1. The molecule has 0 fully saturated rings. The van der Waals surface area contributed by atoms with E-state index in [9.17, 15) is 14.4 Å². The lowest BCUT2D eigenvalue weighted by molar-refractivity contribution is -0.138. The van der Waals surface area contributed by atoms with Crippen molar-refractivity contribution in [2.75, 3.05) is 26.1 Å². The summed E-state index contributed by atoms with van der Waals surface area (Å²) < 4.78 is 10.8. The number of carbonyl (C=O) groups excluding carboxylic acids is 3. The van der Waals surface area contributed by atoms with E-state index in [0.29, 0.717) is 17.1 Å². The van der Waals surface area contributed by atoms with Crippen LogP contribution in [0.3, 0.4) is 0 Å². The van der Waals surface area contributed by atoms with Crippen molar-refractivity contribution in [3.05, 3.63) is 53.1 Å². The molecule has 0 saturated heterocycles. The maximum absolute atomic E-state index is 12.2. The maximum Gasteiger partial charge on any atom is 0.329 e. The largest absolute Gasteiger partial charge is 0.493 e. The second kappa shape index (κ2) is 10.6. The second-order valence-electron chi connectivity index (χ2n) is 6.34. The van der Waals surface area contributed by atoms with Gasteiger partial charge >= 0.3 is 11.8 Å². The van der Waals surface area contributed by atoms with Crippen LogP contribution in [0.4, 0.5) is 5.69 Å². The minimum atomic E-state index is -0.879. The van der Waals surface area contributed by atoms with Gasteiger partial charge in [-0.05, 0) is 49.2 Å². The number of amides is 3. The fourth-order valence-electron chi connectivity index (χ4n) is 2.50.